The maximum absolute atomic E-state index is 13.3. The summed E-state index contributed by atoms with van der Waals surface area (Å²) in [5, 5.41) is 8.02. The Balaban J connectivity index is 2.04. The molecule has 124 valence electrons. The molecule has 5 N–H and O–H groups in total. The van der Waals surface area contributed by atoms with Crippen LogP contribution >= 0.6 is 0 Å². The van der Waals surface area contributed by atoms with Crippen LogP contribution in [0.25, 0.3) is 33.6 Å². The summed E-state index contributed by atoms with van der Waals surface area (Å²) in [5.41, 5.74) is 9.16. The van der Waals surface area contributed by atoms with Gasteiger partial charge in [-0.2, -0.15) is 0 Å². The van der Waals surface area contributed by atoms with E-state index in [1.165, 1.54) is 18.5 Å². The van der Waals surface area contributed by atoms with E-state index in [0.29, 0.717) is 33.6 Å². The Bertz CT molecular complexity index is 1150. The summed E-state index contributed by atoms with van der Waals surface area (Å²) < 4.78 is 19.7. The van der Waals surface area contributed by atoms with Crippen LogP contribution in [0.4, 0.5) is 10.2 Å². The van der Waals surface area contributed by atoms with Crippen LogP contribution in [0.1, 0.15) is 0 Å². The van der Waals surface area contributed by atoms with Crippen LogP contribution in [0.3, 0.4) is 0 Å². The minimum Gasteiger partial charge on any atom is -0.443 e. The summed E-state index contributed by atoms with van der Waals surface area (Å²) in [6.45, 7) is 0. The highest BCUT2D eigenvalue weighted by Crippen LogP contribution is 2.31. The first kappa shape index (κ1) is 14.9. The van der Waals surface area contributed by atoms with Crippen molar-refractivity contribution >= 4 is 16.9 Å². The van der Waals surface area contributed by atoms with Gasteiger partial charge in [-0.25, -0.2) is 19.0 Å². The van der Waals surface area contributed by atoms with Gasteiger partial charge in [-0.15, -0.1) is 0 Å². The molecule has 4 aromatic rings. The number of halogens is 1. The molecule has 2 aromatic heterocycles. The first-order chi connectivity index (χ1) is 12.0. The molecule has 0 amide bonds. The van der Waals surface area contributed by atoms with Gasteiger partial charge >= 0.3 is 0 Å². The van der Waals surface area contributed by atoms with Crippen molar-refractivity contribution in [2.75, 3.05) is 11.6 Å². The smallest absolute Gasteiger partial charge is 0.187 e. The fraction of sp³-hybridized carbons (Fsp3) is 0. The molecule has 0 saturated heterocycles. The standard InChI is InChI=1S/C17H13FN6O/c18-11-4-1-9(2-5-11)14-15(24(21)17(20)16(19)23-14)10-3-6-12-13(7-10)25-8-22-12/h1-8,20H,21H2,(H2,19,23). The molecule has 0 bridgehead atoms. The molecule has 0 unspecified atom stereocenters. The van der Waals surface area contributed by atoms with Gasteiger partial charge < -0.3 is 16.0 Å². The lowest BCUT2D eigenvalue weighted by atomic mass is 10.0. The van der Waals surface area contributed by atoms with Crippen molar-refractivity contribution in [3.05, 3.63) is 60.2 Å². The first-order valence-electron chi connectivity index (χ1n) is 7.36. The average molecular weight is 336 g/mol. The minimum atomic E-state index is -0.362. The third kappa shape index (κ3) is 2.40. The highest BCUT2D eigenvalue weighted by atomic mass is 19.1. The molecule has 8 heteroatoms. The Hall–Kier alpha value is -3.68. The van der Waals surface area contributed by atoms with Crippen molar-refractivity contribution in [3.8, 4) is 22.5 Å². The van der Waals surface area contributed by atoms with Crippen LogP contribution in [0.2, 0.25) is 0 Å². The van der Waals surface area contributed by atoms with E-state index in [-0.39, 0.29) is 17.1 Å². The van der Waals surface area contributed by atoms with Gasteiger partial charge in [0.05, 0.1) is 11.4 Å². The molecule has 0 atom stereocenters. The molecule has 25 heavy (non-hydrogen) atoms. The normalized spacial score (nSPS) is 11.1. The molecule has 0 saturated carbocycles. The summed E-state index contributed by atoms with van der Waals surface area (Å²) in [6, 6.07) is 11.1. The molecule has 0 aliphatic carbocycles. The second kappa shape index (κ2) is 5.45. The van der Waals surface area contributed by atoms with E-state index in [4.69, 9.17) is 21.4 Å². The highest BCUT2D eigenvalue weighted by molar-refractivity contribution is 5.85. The van der Waals surface area contributed by atoms with Crippen LogP contribution in [0, 0.1) is 11.2 Å². The molecule has 0 radical (unpaired) electrons. The van der Waals surface area contributed by atoms with Crippen molar-refractivity contribution in [1.29, 1.82) is 5.41 Å². The lowest BCUT2D eigenvalue weighted by molar-refractivity contribution is 0.602. The third-order valence-corrected chi connectivity index (χ3v) is 3.90. The van der Waals surface area contributed by atoms with Crippen LogP contribution in [-0.2, 0) is 0 Å². The number of anilines is 1. The monoisotopic (exact) mass is 336 g/mol. The fourth-order valence-electron chi connectivity index (χ4n) is 2.66. The predicted molar refractivity (Wildman–Crippen MR) is 91.0 cm³/mol. The molecule has 0 aliphatic heterocycles. The molecule has 0 fully saturated rings. The van der Waals surface area contributed by atoms with E-state index in [2.05, 4.69) is 9.97 Å². The molecule has 0 spiro atoms. The largest absolute Gasteiger partial charge is 0.443 e. The second-order valence-corrected chi connectivity index (χ2v) is 5.45. The number of oxazole rings is 1. The van der Waals surface area contributed by atoms with Gasteiger partial charge in [0.15, 0.2) is 23.3 Å². The SMILES string of the molecule is N=c1c(N)nc(-c2ccc(F)cc2)c(-c2ccc3ncoc3c2)n1N. The van der Waals surface area contributed by atoms with E-state index >= 15 is 0 Å². The summed E-state index contributed by atoms with van der Waals surface area (Å²) in [7, 11) is 0. The molecule has 7 nitrogen and oxygen atoms in total. The van der Waals surface area contributed by atoms with E-state index in [1.807, 2.05) is 0 Å². The lowest BCUT2D eigenvalue weighted by Crippen LogP contribution is -2.32. The number of nitrogen functional groups attached to an aromatic ring is 2. The Kier molecular flexibility index (Phi) is 3.24. The van der Waals surface area contributed by atoms with Crippen LogP contribution in [0.5, 0.6) is 0 Å². The van der Waals surface area contributed by atoms with Crippen molar-refractivity contribution in [3.63, 3.8) is 0 Å². The fourth-order valence-corrected chi connectivity index (χ4v) is 2.66. The molecule has 2 heterocycles. The number of benzene rings is 2. The summed E-state index contributed by atoms with van der Waals surface area (Å²) in [5.74, 6) is 5.71. The summed E-state index contributed by atoms with van der Waals surface area (Å²) in [4.78, 5) is 8.38. The third-order valence-electron chi connectivity index (χ3n) is 3.90. The number of nitrogens with zero attached hydrogens (tertiary/aromatic N) is 3. The van der Waals surface area contributed by atoms with Crippen molar-refractivity contribution in [2.24, 2.45) is 0 Å². The number of fused-ring (bicyclic) bond motifs is 1. The second-order valence-electron chi connectivity index (χ2n) is 5.45. The molecule has 0 aliphatic rings. The minimum absolute atomic E-state index is 0.0219. The number of rotatable bonds is 2. The maximum Gasteiger partial charge on any atom is 0.187 e. The van der Waals surface area contributed by atoms with Crippen LogP contribution in [-0.4, -0.2) is 14.6 Å². The van der Waals surface area contributed by atoms with E-state index < -0.39 is 0 Å². The Morgan fingerprint density at radius 3 is 2.56 bits per heavy atom. The van der Waals surface area contributed by atoms with E-state index in [0.717, 1.165) is 4.68 Å². The molecular formula is C17H13FN6O. The highest BCUT2D eigenvalue weighted by Gasteiger charge is 2.17. The van der Waals surface area contributed by atoms with Gasteiger partial charge in [-0.3, -0.25) is 5.41 Å². The zero-order valence-electron chi connectivity index (χ0n) is 12.9. The van der Waals surface area contributed by atoms with Gasteiger partial charge in [0.2, 0.25) is 0 Å². The van der Waals surface area contributed by atoms with Gasteiger partial charge in [0.25, 0.3) is 0 Å². The van der Waals surface area contributed by atoms with Crippen molar-refractivity contribution in [1.82, 2.24) is 14.6 Å². The Labute approximate surface area is 140 Å². The Morgan fingerprint density at radius 1 is 1.08 bits per heavy atom. The quantitative estimate of drug-likeness (QED) is 0.485. The average Bonchev–Trinajstić information content (AvgIpc) is 3.08. The summed E-state index contributed by atoms with van der Waals surface area (Å²) >= 11 is 0. The molecular weight excluding hydrogens is 323 g/mol. The number of nitrogens with two attached hydrogens (primary N) is 2. The van der Waals surface area contributed by atoms with Crippen LogP contribution in [0.15, 0.2) is 53.3 Å². The van der Waals surface area contributed by atoms with E-state index in [1.54, 1.807) is 30.3 Å². The zero-order chi connectivity index (χ0) is 17.6. The number of hydrogen-bond acceptors (Lipinski definition) is 6. The van der Waals surface area contributed by atoms with Gasteiger partial charge in [-0.1, -0.05) is 6.07 Å². The van der Waals surface area contributed by atoms with Crippen molar-refractivity contribution in [2.45, 2.75) is 0 Å². The number of nitrogens with one attached hydrogen (secondary N) is 1. The topological polar surface area (TPSA) is 120 Å². The van der Waals surface area contributed by atoms with E-state index in [9.17, 15) is 4.39 Å². The summed E-state index contributed by atoms with van der Waals surface area (Å²) in [6.07, 6.45) is 1.35. The predicted octanol–water partition coefficient (Wildman–Crippen LogP) is 2.27. The number of hydrogen-bond donors (Lipinski definition) is 3. The van der Waals surface area contributed by atoms with Crippen molar-refractivity contribution < 1.29 is 8.81 Å². The Morgan fingerprint density at radius 2 is 1.80 bits per heavy atom. The lowest BCUT2D eigenvalue weighted by Gasteiger charge is -2.15. The molecule has 4 rings (SSSR count). The van der Waals surface area contributed by atoms with Crippen LogP contribution < -0.4 is 17.1 Å². The maximum atomic E-state index is 13.3. The number of aromatic nitrogens is 3. The first-order valence-corrected chi connectivity index (χ1v) is 7.36. The zero-order valence-corrected chi connectivity index (χ0v) is 12.9. The van der Waals surface area contributed by atoms with Gasteiger partial charge in [0.1, 0.15) is 11.3 Å². The van der Waals surface area contributed by atoms with Gasteiger partial charge in [-0.05, 0) is 36.4 Å². The molecule has 2 aromatic carbocycles. The van der Waals surface area contributed by atoms with Gasteiger partial charge in [0, 0.05) is 11.1 Å².